The van der Waals surface area contributed by atoms with E-state index >= 15 is 0 Å². The van der Waals surface area contributed by atoms with E-state index in [4.69, 9.17) is 4.74 Å². The zero-order valence-electron chi connectivity index (χ0n) is 12.5. The highest BCUT2D eigenvalue weighted by Gasteiger charge is 2.16. The number of nitrogens with zero attached hydrogens (tertiary/aromatic N) is 1. The van der Waals surface area contributed by atoms with E-state index in [-0.39, 0.29) is 11.9 Å². The van der Waals surface area contributed by atoms with Gasteiger partial charge in [0.25, 0.3) is 0 Å². The van der Waals surface area contributed by atoms with Crippen LogP contribution in [0, 0.1) is 0 Å². The highest BCUT2D eigenvalue weighted by atomic mass is 32.1. The van der Waals surface area contributed by atoms with Crippen LogP contribution in [0.2, 0.25) is 0 Å². The van der Waals surface area contributed by atoms with Crippen LogP contribution in [0.4, 0.5) is 0 Å². The molecule has 1 aromatic heterocycles. The number of Topliss-reactive ketones (excluding diaryl/α,β-unsaturated/α-hetero) is 1. The maximum Gasteiger partial charge on any atom is 0.168 e. The highest BCUT2D eigenvalue weighted by molar-refractivity contribution is 7.09. The van der Waals surface area contributed by atoms with Crippen molar-refractivity contribution in [2.24, 2.45) is 0 Å². The molecular weight excluding hydrogens is 282 g/mol. The zero-order valence-corrected chi connectivity index (χ0v) is 13.4. The number of carbonyl (C=O) groups is 1. The Kier molecular flexibility index (Phi) is 6.08. The first-order valence-electron chi connectivity index (χ1n) is 7.38. The van der Waals surface area contributed by atoms with Crippen molar-refractivity contribution in [3.8, 4) is 0 Å². The molecule has 0 aliphatic carbocycles. The van der Waals surface area contributed by atoms with E-state index in [1.165, 1.54) is 0 Å². The first kappa shape index (κ1) is 15.9. The van der Waals surface area contributed by atoms with Crippen LogP contribution in [0.5, 0.6) is 0 Å². The molecule has 0 aliphatic rings. The van der Waals surface area contributed by atoms with E-state index in [1.54, 1.807) is 11.3 Å². The van der Waals surface area contributed by atoms with Crippen LogP contribution in [0.25, 0.3) is 0 Å². The topological polar surface area (TPSA) is 39.2 Å². The van der Waals surface area contributed by atoms with Gasteiger partial charge in [0, 0.05) is 17.6 Å². The Morgan fingerprint density at radius 2 is 2.05 bits per heavy atom. The van der Waals surface area contributed by atoms with Crippen LogP contribution in [-0.4, -0.2) is 17.4 Å². The largest absolute Gasteiger partial charge is 0.371 e. The van der Waals surface area contributed by atoms with Crippen LogP contribution in [-0.2, 0) is 11.2 Å². The minimum absolute atomic E-state index is 0.0607. The summed E-state index contributed by atoms with van der Waals surface area (Å²) >= 11 is 1.59. The second kappa shape index (κ2) is 8.05. The summed E-state index contributed by atoms with van der Waals surface area (Å²) in [5.74, 6) is 0.107. The molecule has 1 unspecified atom stereocenters. The van der Waals surface area contributed by atoms with Gasteiger partial charge in [0.1, 0.15) is 11.1 Å². The Bertz CT molecular complexity index is 559. The van der Waals surface area contributed by atoms with Gasteiger partial charge in [-0.1, -0.05) is 43.7 Å². The predicted molar refractivity (Wildman–Crippen MR) is 85.9 cm³/mol. The van der Waals surface area contributed by atoms with Gasteiger partial charge < -0.3 is 4.74 Å². The van der Waals surface area contributed by atoms with Crippen LogP contribution in [0.15, 0.2) is 35.7 Å². The average Bonchev–Trinajstić information content (AvgIpc) is 2.96. The van der Waals surface area contributed by atoms with Crippen LogP contribution in [0.1, 0.15) is 53.9 Å². The maximum absolute atomic E-state index is 12.2. The molecule has 112 valence electrons. The van der Waals surface area contributed by atoms with Gasteiger partial charge in [-0.05, 0) is 13.3 Å². The summed E-state index contributed by atoms with van der Waals surface area (Å²) in [6, 6.07) is 9.36. The lowest BCUT2D eigenvalue weighted by atomic mass is 10.1. The van der Waals surface area contributed by atoms with Crippen molar-refractivity contribution in [3.05, 3.63) is 52.0 Å². The number of hydrogen-bond donors (Lipinski definition) is 0. The Hall–Kier alpha value is -1.52. The third-order valence-corrected chi connectivity index (χ3v) is 4.19. The number of benzene rings is 1. The minimum Gasteiger partial charge on any atom is -0.371 e. The van der Waals surface area contributed by atoms with E-state index in [2.05, 4.69) is 11.9 Å². The lowest BCUT2D eigenvalue weighted by molar-refractivity contribution is 0.0554. The van der Waals surface area contributed by atoms with Gasteiger partial charge in [-0.15, -0.1) is 11.3 Å². The van der Waals surface area contributed by atoms with Crippen molar-refractivity contribution in [2.75, 3.05) is 6.61 Å². The van der Waals surface area contributed by atoms with Crippen molar-refractivity contribution < 1.29 is 9.53 Å². The van der Waals surface area contributed by atoms with Crippen molar-refractivity contribution in [1.29, 1.82) is 0 Å². The summed E-state index contributed by atoms with van der Waals surface area (Å²) in [5.41, 5.74) is 1.58. The Balaban J connectivity index is 2.04. The molecule has 0 bridgehead atoms. The molecule has 2 aromatic rings. The highest BCUT2D eigenvalue weighted by Crippen LogP contribution is 2.26. The zero-order chi connectivity index (χ0) is 15.1. The third-order valence-electron chi connectivity index (χ3n) is 3.20. The molecular formula is C17H21NO2S. The van der Waals surface area contributed by atoms with Crippen LogP contribution < -0.4 is 0 Å². The fourth-order valence-electron chi connectivity index (χ4n) is 2.18. The molecule has 0 saturated carbocycles. The molecule has 0 fully saturated rings. The van der Waals surface area contributed by atoms with Crippen molar-refractivity contribution in [1.82, 2.24) is 4.98 Å². The molecule has 0 amide bonds. The molecule has 0 spiro atoms. The van der Waals surface area contributed by atoms with E-state index in [9.17, 15) is 4.79 Å². The Morgan fingerprint density at radius 1 is 1.29 bits per heavy atom. The number of ether oxygens (including phenoxy) is 1. The number of hydrogen-bond acceptors (Lipinski definition) is 4. The fourth-order valence-corrected chi connectivity index (χ4v) is 3.08. The molecule has 2 rings (SSSR count). The van der Waals surface area contributed by atoms with Gasteiger partial charge in [-0.3, -0.25) is 4.79 Å². The lowest BCUT2D eigenvalue weighted by Crippen LogP contribution is -2.06. The van der Waals surface area contributed by atoms with Gasteiger partial charge in [0.15, 0.2) is 5.78 Å². The van der Waals surface area contributed by atoms with Gasteiger partial charge in [-0.2, -0.15) is 0 Å². The number of rotatable bonds is 8. The standard InChI is InChI=1S/C17H21NO2S/c1-3-8-16(20-4-2)17-18-14(12-21-17)11-15(19)13-9-6-5-7-10-13/h5-7,9-10,12,16H,3-4,8,11H2,1-2H3. The molecule has 0 N–H and O–H groups in total. The molecule has 1 heterocycles. The molecule has 1 aromatic carbocycles. The number of carbonyl (C=O) groups excluding carboxylic acids is 1. The quantitative estimate of drug-likeness (QED) is 0.676. The summed E-state index contributed by atoms with van der Waals surface area (Å²) in [6.07, 6.45) is 2.44. The summed E-state index contributed by atoms with van der Waals surface area (Å²) in [6.45, 7) is 4.82. The lowest BCUT2D eigenvalue weighted by Gasteiger charge is -2.12. The molecule has 3 nitrogen and oxygen atoms in total. The van der Waals surface area contributed by atoms with Gasteiger partial charge >= 0.3 is 0 Å². The maximum atomic E-state index is 12.2. The van der Waals surface area contributed by atoms with E-state index in [1.807, 2.05) is 42.6 Å². The monoisotopic (exact) mass is 303 g/mol. The van der Waals surface area contributed by atoms with Crippen molar-refractivity contribution in [2.45, 2.75) is 39.2 Å². The average molecular weight is 303 g/mol. The van der Waals surface area contributed by atoms with Crippen molar-refractivity contribution in [3.63, 3.8) is 0 Å². The molecule has 0 saturated heterocycles. The molecule has 0 radical (unpaired) electrons. The fraction of sp³-hybridized carbons (Fsp3) is 0.412. The summed E-state index contributed by atoms with van der Waals surface area (Å²) in [7, 11) is 0. The van der Waals surface area contributed by atoms with E-state index < -0.39 is 0 Å². The molecule has 4 heteroatoms. The Labute approximate surface area is 130 Å². The SMILES string of the molecule is CCCC(OCC)c1nc(CC(=O)c2ccccc2)cs1. The summed E-state index contributed by atoms with van der Waals surface area (Å²) in [4.78, 5) is 16.8. The molecule has 0 aliphatic heterocycles. The second-order valence-electron chi connectivity index (χ2n) is 4.88. The smallest absolute Gasteiger partial charge is 0.168 e. The van der Waals surface area contributed by atoms with Gasteiger partial charge in [0.2, 0.25) is 0 Å². The van der Waals surface area contributed by atoms with Crippen LogP contribution in [0.3, 0.4) is 0 Å². The number of aromatic nitrogens is 1. The van der Waals surface area contributed by atoms with Gasteiger partial charge in [-0.25, -0.2) is 4.98 Å². The third kappa shape index (κ3) is 4.48. The van der Waals surface area contributed by atoms with Crippen LogP contribution >= 0.6 is 11.3 Å². The van der Waals surface area contributed by atoms with Crippen molar-refractivity contribution >= 4 is 17.1 Å². The first-order chi connectivity index (χ1) is 10.2. The first-order valence-corrected chi connectivity index (χ1v) is 8.26. The molecule has 1 atom stereocenters. The summed E-state index contributed by atoms with van der Waals surface area (Å²) < 4.78 is 5.73. The van der Waals surface area contributed by atoms with Gasteiger partial charge in [0.05, 0.1) is 12.1 Å². The number of thiazole rings is 1. The Morgan fingerprint density at radius 3 is 2.71 bits per heavy atom. The second-order valence-corrected chi connectivity index (χ2v) is 5.77. The minimum atomic E-state index is 0.0607. The summed E-state index contributed by atoms with van der Waals surface area (Å²) in [5, 5.41) is 2.95. The normalized spacial score (nSPS) is 12.3. The predicted octanol–water partition coefficient (Wildman–Crippen LogP) is 4.45. The molecule has 21 heavy (non-hydrogen) atoms. The van der Waals surface area contributed by atoms with E-state index in [0.717, 1.165) is 29.1 Å². The number of ketones is 1. The van der Waals surface area contributed by atoms with E-state index in [0.29, 0.717) is 13.0 Å².